The van der Waals surface area contributed by atoms with Crippen molar-refractivity contribution in [3.63, 3.8) is 0 Å². The second kappa shape index (κ2) is 7.93. The second-order valence-electron chi connectivity index (χ2n) is 6.98. The van der Waals surface area contributed by atoms with E-state index in [2.05, 4.69) is 5.32 Å². The lowest BCUT2D eigenvalue weighted by Gasteiger charge is -2.25. The van der Waals surface area contributed by atoms with Crippen LogP contribution in [0.1, 0.15) is 29.2 Å². The molecule has 146 valence electrons. The van der Waals surface area contributed by atoms with Crippen molar-refractivity contribution in [1.29, 1.82) is 0 Å². The number of benzene rings is 3. The number of hydrogen-bond donors (Lipinski definition) is 3. The van der Waals surface area contributed by atoms with Crippen LogP contribution in [-0.4, -0.2) is 26.0 Å². The number of thiocarbonyl (C=S) groups is 1. The highest BCUT2D eigenvalue weighted by molar-refractivity contribution is 7.80. The molecule has 5 nitrogen and oxygen atoms in total. The first kappa shape index (κ1) is 19.0. The second-order valence-corrected chi connectivity index (χ2v) is 7.37. The lowest BCUT2D eigenvalue weighted by molar-refractivity contribution is 0.359. The molecule has 0 saturated carbocycles. The summed E-state index contributed by atoms with van der Waals surface area (Å²) in [5.74, 6) is 0.357. The summed E-state index contributed by atoms with van der Waals surface area (Å²) >= 11 is 5.65. The van der Waals surface area contributed by atoms with Gasteiger partial charge in [0.05, 0.1) is 11.8 Å². The fourth-order valence-corrected chi connectivity index (χ4v) is 3.69. The van der Waals surface area contributed by atoms with Crippen LogP contribution in [0.4, 0.5) is 5.69 Å². The minimum absolute atomic E-state index is 0.168. The number of hydrogen-bond acceptors (Lipinski definition) is 4. The van der Waals surface area contributed by atoms with Gasteiger partial charge in [-0.15, -0.1) is 0 Å². The van der Waals surface area contributed by atoms with Gasteiger partial charge in [-0.25, -0.2) is 5.01 Å². The molecule has 1 aliphatic heterocycles. The number of nitrogens with zero attached hydrogens (tertiary/aromatic N) is 2. The van der Waals surface area contributed by atoms with Gasteiger partial charge in [0.2, 0.25) is 0 Å². The molecule has 0 aliphatic carbocycles. The van der Waals surface area contributed by atoms with E-state index in [9.17, 15) is 10.2 Å². The summed E-state index contributed by atoms with van der Waals surface area (Å²) in [6.45, 7) is 2.03. The quantitative estimate of drug-likeness (QED) is 0.540. The van der Waals surface area contributed by atoms with Crippen LogP contribution in [0.2, 0.25) is 0 Å². The van der Waals surface area contributed by atoms with Crippen LogP contribution < -0.4 is 5.32 Å². The Hall–Kier alpha value is -3.38. The maximum absolute atomic E-state index is 10.4. The van der Waals surface area contributed by atoms with Crippen molar-refractivity contribution in [3.05, 3.63) is 89.5 Å². The Kier molecular flexibility index (Phi) is 5.18. The molecule has 1 heterocycles. The largest absolute Gasteiger partial charge is 0.508 e. The van der Waals surface area contributed by atoms with Crippen molar-refractivity contribution in [1.82, 2.24) is 5.01 Å². The molecule has 0 fully saturated rings. The number of aryl methyl sites for hydroxylation is 1. The first-order valence-corrected chi connectivity index (χ1v) is 9.74. The van der Waals surface area contributed by atoms with Crippen molar-refractivity contribution >= 4 is 28.7 Å². The molecule has 29 heavy (non-hydrogen) atoms. The number of para-hydroxylation sites is 2. The van der Waals surface area contributed by atoms with Gasteiger partial charge in [-0.3, -0.25) is 0 Å². The predicted octanol–water partition coefficient (Wildman–Crippen LogP) is 4.95. The van der Waals surface area contributed by atoms with E-state index >= 15 is 0 Å². The fraction of sp³-hybridized carbons (Fsp3) is 0.130. The monoisotopic (exact) mass is 403 g/mol. The minimum Gasteiger partial charge on any atom is -0.508 e. The first-order valence-electron chi connectivity index (χ1n) is 9.33. The van der Waals surface area contributed by atoms with E-state index in [0.29, 0.717) is 22.8 Å². The van der Waals surface area contributed by atoms with Crippen LogP contribution in [0.25, 0.3) is 0 Å². The molecule has 0 radical (unpaired) electrons. The Balaban J connectivity index is 1.69. The molecule has 3 N–H and O–H groups in total. The third-order valence-corrected chi connectivity index (χ3v) is 5.22. The highest BCUT2D eigenvalue weighted by Gasteiger charge is 2.33. The molecule has 0 amide bonds. The Morgan fingerprint density at radius 3 is 2.31 bits per heavy atom. The van der Waals surface area contributed by atoms with Crippen LogP contribution in [-0.2, 0) is 0 Å². The van der Waals surface area contributed by atoms with Gasteiger partial charge >= 0.3 is 0 Å². The average molecular weight is 404 g/mol. The van der Waals surface area contributed by atoms with Crippen molar-refractivity contribution in [2.75, 3.05) is 5.32 Å². The van der Waals surface area contributed by atoms with Gasteiger partial charge in [-0.1, -0.05) is 48.0 Å². The van der Waals surface area contributed by atoms with E-state index in [1.807, 2.05) is 55.5 Å². The topological polar surface area (TPSA) is 68.1 Å². The van der Waals surface area contributed by atoms with Crippen LogP contribution in [0, 0.1) is 6.92 Å². The van der Waals surface area contributed by atoms with E-state index in [0.717, 1.165) is 16.8 Å². The van der Waals surface area contributed by atoms with E-state index in [1.165, 1.54) is 0 Å². The normalized spacial score (nSPS) is 15.8. The molecule has 6 heteroatoms. The zero-order valence-corrected chi connectivity index (χ0v) is 16.7. The van der Waals surface area contributed by atoms with E-state index in [-0.39, 0.29) is 17.5 Å². The summed E-state index contributed by atoms with van der Waals surface area (Å²) < 4.78 is 0. The van der Waals surface area contributed by atoms with Gasteiger partial charge in [0.15, 0.2) is 5.11 Å². The number of anilines is 1. The van der Waals surface area contributed by atoms with Crippen molar-refractivity contribution in [2.45, 2.75) is 19.4 Å². The summed E-state index contributed by atoms with van der Waals surface area (Å²) in [5.41, 5.74) is 4.13. The zero-order valence-electron chi connectivity index (χ0n) is 15.9. The molecule has 0 saturated heterocycles. The summed E-state index contributed by atoms with van der Waals surface area (Å²) in [6.07, 6.45) is 0.505. The molecular weight excluding hydrogens is 382 g/mol. The molecule has 1 aliphatic rings. The van der Waals surface area contributed by atoms with Gasteiger partial charge in [0.25, 0.3) is 0 Å². The Morgan fingerprint density at radius 1 is 0.966 bits per heavy atom. The molecule has 3 aromatic rings. The lowest BCUT2D eigenvalue weighted by Crippen LogP contribution is -2.31. The van der Waals surface area contributed by atoms with Crippen LogP contribution in [0.5, 0.6) is 11.5 Å². The maximum Gasteiger partial charge on any atom is 0.194 e. The van der Waals surface area contributed by atoms with Gasteiger partial charge in [-0.05, 0) is 49.5 Å². The highest BCUT2D eigenvalue weighted by atomic mass is 32.1. The summed E-state index contributed by atoms with van der Waals surface area (Å²) in [7, 11) is 0. The smallest absolute Gasteiger partial charge is 0.194 e. The SMILES string of the molecule is Cc1ccc(NC(=S)N2N=C(c3ccccc3O)C[C@H]2c2ccccc2O)cc1. The number of nitrogens with one attached hydrogen (secondary N) is 1. The van der Waals surface area contributed by atoms with Crippen molar-refractivity contribution < 1.29 is 10.2 Å². The molecule has 0 aromatic heterocycles. The Labute approximate surface area is 174 Å². The van der Waals surface area contributed by atoms with E-state index in [4.69, 9.17) is 17.3 Å². The zero-order chi connectivity index (χ0) is 20.4. The lowest BCUT2D eigenvalue weighted by atomic mass is 9.97. The highest BCUT2D eigenvalue weighted by Crippen LogP contribution is 2.38. The molecule has 0 unspecified atom stereocenters. The van der Waals surface area contributed by atoms with E-state index in [1.54, 1.807) is 29.3 Å². The molecule has 3 aromatic carbocycles. The van der Waals surface area contributed by atoms with Gasteiger partial charge < -0.3 is 15.5 Å². The van der Waals surface area contributed by atoms with Crippen LogP contribution in [0.15, 0.2) is 77.9 Å². The molecule has 1 atom stereocenters. The van der Waals surface area contributed by atoms with Crippen LogP contribution >= 0.6 is 12.2 Å². The predicted molar refractivity (Wildman–Crippen MR) is 119 cm³/mol. The molecular formula is C23H21N3O2S. The average Bonchev–Trinajstić information content (AvgIpc) is 3.15. The van der Waals surface area contributed by atoms with Gasteiger partial charge in [-0.2, -0.15) is 5.10 Å². The number of phenolic OH excluding ortho intramolecular Hbond substituents is 2. The Morgan fingerprint density at radius 2 is 1.62 bits per heavy atom. The standard InChI is InChI=1S/C23H21N3O2S/c1-15-10-12-16(13-11-15)24-23(29)26-20(18-7-3-5-9-22(18)28)14-19(25-26)17-6-2-4-8-21(17)27/h2-13,20,27-28H,14H2,1H3,(H,24,29)/t20-/m0/s1. The van der Waals surface area contributed by atoms with Crippen molar-refractivity contribution in [2.24, 2.45) is 5.10 Å². The molecule has 0 spiro atoms. The number of aromatic hydroxyl groups is 2. The molecule has 0 bridgehead atoms. The van der Waals surface area contributed by atoms with Crippen LogP contribution in [0.3, 0.4) is 0 Å². The third kappa shape index (κ3) is 3.93. The number of hydrazone groups is 1. The minimum atomic E-state index is -0.281. The van der Waals surface area contributed by atoms with Gasteiger partial charge in [0, 0.05) is 23.2 Å². The Bertz CT molecular complexity index is 1080. The fourth-order valence-electron chi connectivity index (χ4n) is 3.41. The van der Waals surface area contributed by atoms with E-state index < -0.39 is 0 Å². The van der Waals surface area contributed by atoms with Crippen molar-refractivity contribution in [3.8, 4) is 11.5 Å². The number of rotatable bonds is 3. The third-order valence-electron chi connectivity index (χ3n) is 4.93. The summed E-state index contributed by atoms with van der Waals surface area (Å²) in [6, 6.07) is 21.9. The number of phenols is 2. The summed E-state index contributed by atoms with van der Waals surface area (Å²) in [4.78, 5) is 0. The first-order chi connectivity index (χ1) is 14.0. The molecule has 4 rings (SSSR count). The van der Waals surface area contributed by atoms with Gasteiger partial charge in [0.1, 0.15) is 11.5 Å². The summed E-state index contributed by atoms with van der Waals surface area (Å²) in [5, 5.41) is 30.7. The maximum atomic E-state index is 10.4.